The number of rotatable bonds is 8. The third-order valence-corrected chi connectivity index (χ3v) is 5.13. The van der Waals surface area contributed by atoms with Crippen LogP contribution in [0.4, 0.5) is 4.39 Å². The van der Waals surface area contributed by atoms with E-state index in [1.807, 2.05) is 18.2 Å². The van der Waals surface area contributed by atoms with E-state index in [4.69, 9.17) is 0 Å². The number of carbonyl (C=O) groups is 1. The quantitative estimate of drug-likeness (QED) is 0.604. The fourth-order valence-electron chi connectivity index (χ4n) is 2.67. The van der Waals surface area contributed by atoms with E-state index in [9.17, 15) is 9.18 Å². The van der Waals surface area contributed by atoms with Crippen molar-refractivity contribution < 1.29 is 9.18 Å². The maximum Gasteiger partial charge on any atom is 0.220 e. The number of nitrogens with one attached hydrogen (secondary N) is 1. The highest BCUT2D eigenvalue weighted by Crippen LogP contribution is 2.22. The van der Waals surface area contributed by atoms with E-state index in [1.54, 1.807) is 23.5 Å². The lowest BCUT2D eigenvalue weighted by Crippen LogP contribution is -2.25. The monoisotopic (exact) mass is 356 g/mol. The highest BCUT2D eigenvalue weighted by Gasteiger charge is 2.05. The largest absolute Gasteiger partial charge is 0.356 e. The van der Waals surface area contributed by atoms with Crippen LogP contribution in [0.5, 0.6) is 0 Å². The number of amides is 1. The molecule has 0 fully saturated rings. The number of benzene rings is 2. The highest BCUT2D eigenvalue weighted by atomic mass is 32.1. The zero-order valence-corrected chi connectivity index (χ0v) is 14.8. The van der Waals surface area contributed by atoms with Gasteiger partial charge >= 0.3 is 0 Å². The number of halogens is 1. The first-order chi connectivity index (χ1) is 12.2. The molecule has 1 N–H and O–H groups in total. The van der Waals surface area contributed by atoms with Crippen LogP contribution >= 0.6 is 11.3 Å². The van der Waals surface area contributed by atoms with Gasteiger partial charge < -0.3 is 5.32 Å². The number of hydrogen-bond donors (Lipinski definition) is 1. The van der Waals surface area contributed by atoms with Crippen molar-refractivity contribution in [3.63, 3.8) is 0 Å². The molecule has 2 aromatic carbocycles. The Labute approximate surface area is 150 Å². The fraction of sp³-hybridized carbons (Fsp3) is 0.300. The van der Waals surface area contributed by atoms with E-state index in [-0.39, 0.29) is 11.7 Å². The number of aromatic nitrogens is 1. The molecule has 0 atom stereocenters. The summed E-state index contributed by atoms with van der Waals surface area (Å²) in [5, 5.41) is 4.06. The van der Waals surface area contributed by atoms with E-state index in [2.05, 4.69) is 16.4 Å². The number of hydrogen-bond acceptors (Lipinski definition) is 3. The van der Waals surface area contributed by atoms with Crippen LogP contribution in [-0.4, -0.2) is 17.4 Å². The summed E-state index contributed by atoms with van der Waals surface area (Å²) < 4.78 is 14.0. The summed E-state index contributed by atoms with van der Waals surface area (Å²) >= 11 is 1.73. The van der Waals surface area contributed by atoms with Crippen LogP contribution in [0.3, 0.4) is 0 Å². The molecule has 130 valence electrons. The van der Waals surface area contributed by atoms with Crippen LogP contribution in [-0.2, 0) is 17.6 Å². The van der Waals surface area contributed by atoms with E-state index in [1.165, 1.54) is 16.8 Å². The summed E-state index contributed by atoms with van der Waals surface area (Å²) in [5.74, 6) is -0.160. The Morgan fingerprint density at radius 2 is 1.84 bits per heavy atom. The molecule has 0 radical (unpaired) electrons. The molecule has 1 aromatic heterocycles. The van der Waals surface area contributed by atoms with Gasteiger partial charge in [-0.1, -0.05) is 24.3 Å². The Hall–Kier alpha value is -2.27. The highest BCUT2D eigenvalue weighted by molar-refractivity contribution is 7.18. The second-order valence-corrected chi connectivity index (χ2v) is 7.12. The number of nitrogens with zero attached hydrogens (tertiary/aromatic N) is 1. The van der Waals surface area contributed by atoms with Crippen molar-refractivity contribution in [2.45, 2.75) is 32.1 Å². The normalized spacial score (nSPS) is 10.9. The van der Waals surface area contributed by atoms with Gasteiger partial charge in [-0.3, -0.25) is 4.79 Å². The summed E-state index contributed by atoms with van der Waals surface area (Å²) in [6.07, 6.45) is 4.00. The molecule has 3 aromatic rings. The second kappa shape index (κ2) is 8.72. The molecule has 0 aliphatic carbocycles. The molecular formula is C20H21FN2OS. The lowest BCUT2D eigenvalue weighted by atomic mass is 10.1. The standard InChI is InChI=1S/C20H21FN2OS/c21-16-11-9-15(10-12-16)13-14-22-19(24)7-3-4-8-20-23-17-5-1-2-6-18(17)25-20/h1-2,5-6,9-12H,3-4,7-8,13-14H2,(H,22,24). The van der Waals surface area contributed by atoms with Gasteiger partial charge in [0.25, 0.3) is 0 Å². The number of carbonyl (C=O) groups excluding carboxylic acids is 1. The minimum atomic E-state index is -0.235. The molecule has 5 heteroatoms. The van der Waals surface area contributed by atoms with Crippen molar-refractivity contribution in [2.75, 3.05) is 6.54 Å². The molecule has 0 spiro atoms. The lowest BCUT2D eigenvalue weighted by Gasteiger charge is -2.05. The lowest BCUT2D eigenvalue weighted by molar-refractivity contribution is -0.121. The molecule has 25 heavy (non-hydrogen) atoms. The van der Waals surface area contributed by atoms with E-state index in [0.29, 0.717) is 13.0 Å². The third kappa shape index (κ3) is 5.36. The van der Waals surface area contributed by atoms with Gasteiger partial charge in [0, 0.05) is 13.0 Å². The number of aryl methyl sites for hydroxylation is 1. The average molecular weight is 356 g/mol. The van der Waals surface area contributed by atoms with Crippen molar-refractivity contribution >= 4 is 27.5 Å². The van der Waals surface area contributed by atoms with Gasteiger partial charge in [-0.25, -0.2) is 9.37 Å². The molecule has 3 rings (SSSR count). The first-order valence-corrected chi connectivity index (χ1v) is 9.38. The SMILES string of the molecule is O=C(CCCCc1nc2ccccc2s1)NCCc1ccc(F)cc1. The zero-order chi connectivity index (χ0) is 17.5. The van der Waals surface area contributed by atoms with Gasteiger partial charge in [-0.2, -0.15) is 0 Å². The topological polar surface area (TPSA) is 42.0 Å². The van der Waals surface area contributed by atoms with Crippen LogP contribution in [0.15, 0.2) is 48.5 Å². The number of thiazole rings is 1. The maximum atomic E-state index is 12.8. The summed E-state index contributed by atoms with van der Waals surface area (Å²) in [6.45, 7) is 0.586. The van der Waals surface area contributed by atoms with Crippen LogP contribution in [0, 0.1) is 5.82 Å². The maximum absolute atomic E-state index is 12.8. The Balaban J connectivity index is 1.31. The Kier molecular flexibility index (Phi) is 6.12. The van der Waals surface area contributed by atoms with E-state index in [0.717, 1.165) is 41.8 Å². The molecule has 0 unspecified atom stereocenters. The van der Waals surface area contributed by atoms with E-state index < -0.39 is 0 Å². The van der Waals surface area contributed by atoms with Gasteiger partial charge in [0.1, 0.15) is 5.82 Å². The molecule has 0 aliphatic heterocycles. The summed E-state index contributed by atoms with van der Waals surface area (Å²) in [6, 6.07) is 14.5. The fourth-order valence-corrected chi connectivity index (χ4v) is 3.68. The molecule has 0 saturated carbocycles. The van der Waals surface area contributed by atoms with Crippen LogP contribution in [0.1, 0.15) is 29.8 Å². The molecule has 0 bridgehead atoms. The van der Waals surface area contributed by atoms with Crippen LogP contribution < -0.4 is 5.32 Å². The molecule has 1 heterocycles. The van der Waals surface area contributed by atoms with Gasteiger partial charge in [-0.15, -0.1) is 11.3 Å². The minimum Gasteiger partial charge on any atom is -0.356 e. The van der Waals surface area contributed by atoms with E-state index >= 15 is 0 Å². The predicted molar refractivity (Wildman–Crippen MR) is 100 cm³/mol. The first kappa shape index (κ1) is 17.5. The molecule has 1 amide bonds. The van der Waals surface area contributed by atoms with Crippen molar-refractivity contribution in [1.29, 1.82) is 0 Å². The van der Waals surface area contributed by atoms with Gasteiger partial charge in [0.15, 0.2) is 0 Å². The number of para-hydroxylation sites is 1. The minimum absolute atomic E-state index is 0.0754. The number of unbranched alkanes of at least 4 members (excludes halogenated alkanes) is 1. The van der Waals surface area contributed by atoms with Crippen LogP contribution in [0.25, 0.3) is 10.2 Å². The first-order valence-electron chi connectivity index (χ1n) is 8.56. The summed E-state index contributed by atoms with van der Waals surface area (Å²) in [7, 11) is 0. The van der Waals surface area contributed by atoms with Gasteiger partial charge in [0.05, 0.1) is 15.2 Å². The summed E-state index contributed by atoms with van der Waals surface area (Å²) in [4.78, 5) is 16.5. The van der Waals surface area contributed by atoms with Crippen molar-refractivity contribution in [1.82, 2.24) is 10.3 Å². The van der Waals surface area contributed by atoms with Crippen molar-refractivity contribution in [3.05, 3.63) is 64.9 Å². The zero-order valence-electron chi connectivity index (χ0n) is 14.0. The Morgan fingerprint density at radius 1 is 1.04 bits per heavy atom. The number of fused-ring (bicyclic) bond motifs is 1. The second-order valence-electron chi connectivity index (χ2n) is 6.01. The predicted octanol–water partition coefficient (Wildman–Crippen LogP) is 4.51. The average Bonchev–Trinajstić information content (AvgIpc) is 3.03. The van der Waals surface area contributed by atoms with Crippen molar-refractivity contribution in [2.24, 2.45) is 0 Å². The smallest absolute Gasteiger partial charge is 0.220 e. The molecule has 0 saturated heterocycles. The molecular weight excluding hydrogens is 335 g/mol. The summed E-state index contributed by atoms with van der Waals surface area (Å²) in [5.41, 5.74) is 2.08. The van der Waals surface area contributed by atoms with Crippen LogP contribution in [0.2, 0.25) is 0 Å². The third-order valence-electron chi connectivity index (χ3n) is 4.03. The molecule has 3 nitrogen and oxygen atoms in total. The molecule has 0 aliphatic rings. The Morgan fingerprint density at radius 3 is 2.64 bits per heavy atom. The van der Waals surface area contributed by atoms with Crippen molar-refractivity contribution in [3.8, 4) is 0 Å². The Bertz CT molecular complexity index is 796. The van der Waals surface area contributed by atoms with Gasteiger partial charge in [0.2, 0.25) is 5.91 Å². The van der Waals surface area contributed by atoms with Gasteiger partial charge in [-0.05, 0) is 55.5 Å².